The molecule has 0 aliphatic heterocycles. The molecule has 1 rings (SSSR count). The molecule has 1 aliphatic rings. The lowest BCUT2D eigenvalue weighted by Crippen LogP contribution is -2.46. The summed E-state index contributed by atoms with van der Waals surface area (Å²) in [5.74, 6) is 1.58. The van der Waals surface area contributed by atoms with Gasteiger partial charge < -0.3 is 10.4 Å². The topological polar surface area (TPSA) is 32.3 Å². The summed E-state index contributed by atoms with van der Waals surface area (Å²) in [6.07, 6.45) is 5.01. The van der Waals surface area contributed by atoms with Gasteiger partial charge >= 0.3 is 0 Å². The second-order valence-corrected chi connectivity index (χ2v) is 4.83. The third kappa shape index (κ3) is 2.96. The first kappa shape index (κ1) is 12.0. The molecule has 0 radical (unpaired) electrons. The van der Waals surface area contributed by atoms with Gasteiger partial charge in [-0.25, -0.2) is 0 Å². The van der Waals surface area contributed by atoms with E-state index in [1.807, 2.05) is 0 Å². The Morgan fingerprint density at radius 3 is 2.64 bits per heavy atom. The smallest absolute Gasteiger partial charge is 0.0584 e. The Balaban J connectivity index is 2.41. The molecule has 14 heavy (non-hydrogen) atoms. The van der Waals surface area contributed by atoms with Crippen LogP contribution >= 0.6 is 0 Å². The van der Waals surface area contributed by atoms with E-state index in [0.29, 0.717) is 12.1 Å². The molecule has 0 amide bonds. The summed E-state index contributed by atoms with van der Waals surface area (Å²) in [4.78, 5) is 0. The Bertz CT molecular complexity index is 156. The van der Waals surface area contributed by atoms with E-state index in [0.717, 1.165) is 18.3 Å². The second kappa shape index (κ2) is 5.72. The summed E-state index contributed by atoms with van der Waals surface area (Å²) < 4.78 is 0. The molecular formula is C12H25NO. The SMILES string of the molecule is CC[C@H](CO)NC1CCCC(C)C1C. The Hall–Kier alpha value is -0.0800. The van der Waals surface area contributed by atoms with E-state index in [1.165, 1.54) is 19.3 Å². The summed E-state index contributed by atoms with van der Waals surface area (Å²) in [5, 5.41) is 12.7. The van der Waals surface area contributed by atoms with Crippen molar-refractivity contribution < 1.29 is 5.11 Å². The molecule has 2 heteroatoms. The van der Waals surface area contributed by atoms with Crippen molar-refractivity contribution in [3.05, 3.63) is 0 Å². The van der Waals surface area contributed by atoms with E-state index in [1.54, 1.807) is 0 Å². The maximum Gasteiger partial charge on any atom is 0.0584 e. The third-order valence-corrected chi connectivity index (χ3v) is 3.87. The van der Waals surface area contributed by atoms with Crippen LogP contribution in [-0.2, 0) is 0 Å². The molecule has 0 aromatic rings. The van der Waals surface area contributed by atoms with Crippen LogP contribution in [0.4, 0.5) is 0 Å². The van der Waals surface area contributed by atoms with Gasteiger partial charge in [0.1, 0.15) is 0 Å². The van der Waals surface area contributed by atoms with Crippen molar-refractivity contribution in [3.8, 4) is 0 Å². The van der Waals surface area contributed by atoms with E-state index in [4.69, 9.17) is 5.11 Å². The summed E-state index contributed by atoms with van der Waals surface area (Å²) in [6.45, 7) is 7.09. The first-order valence-electron chi connectivity index (χ1n) is 6.06. The highest BCUT2D eigenvalue weighted by Gasteiger charge is 2.27. The van der Waals surface area contributed by atoms with Gasteiger partial charge in [-0.1, -0.05) is 33.6 Å². The van der Waals surface area contributed by atoms with Crippen molar-refractivity contribution in [2.75, 3.05) is 6.61 Å². The van der Waals surface area contributed by atoms with Crippen molar-refractivity contribution >= 4 is 0 Å². The molecule has 0 aromatic carbocycles. The normalized spacial score (nSPS) is 35.6. The molecule has 3 unspecified atom stereocenters. The zero-order chi connectivity index (χ0) is 10.6. The summed E-state index contributed by atoms with van der Waals surface area (Å²) in [6, 6.07) is 0.920. The molecule has 0 spiro atoms. The summed E-state index contributed by atoms with van der Waals surface area (Å²) in [7, 11) is 0. The fourth-order valence-electron chi connectivity index (χ4n) is 2.42. The molecule has 0 bridgehead atoms. The van der Waals surface area contributed by atoms with E-state index in [9.17, 15) is 0 Å². The predicted molar refractivity (Wildman–Crippen MR) is 60.3 cm³/mol. The molecule has 1 aliphatic carbocycles. The maximum atomic E-state index is 9.15. The van der Waals surface area contributed by atoms with E-state index in [2.05, 4.69) is 26.1 Å². The quantitative estimate of drug-likeness (QED) is 0.727. The van der Waals surface area contributed by atoms with Gasteiger partial charge in [0.05, 0.1) is 6.61 Å². The molecule has 0 aromatic heterocycles. The fourth-order valence-corrected chi connectivity index (χ4v) is 2.42. The average molecular weight is 199 g/mol. The van der Waals surface area contributed by atoms with Crippen molar-refractivity contribution in [1.29, 1.82) is 0 Å². The van der Waals surface area contributed by atoms with Gasteiger partial charge in [0.25, 0.3) is 0 Å². The zero-order valence-corrected chi connectivity index (χ0v) is 9.79. The van der Waals surface area contributed by atoms with Crippen molar-refractivity contribution in [2.45, 2.75) is 58.5 Å². The Morgan fingerprint density at radius 1 is 1.36 bits per heavy atom. The number of rotatable bonds is 4. The lowest BCUT2D eigenvalue weighted by Gasteiger charge is -2.36. The molecule has 1 fully saturated rings. The van der Waals surface area contributed by atoms with Crippen LogP contribution in [0.3, 0.4) is 0 Å². The molecule has 84 valence electrons. The predicted octanol–water partition coefficient (Wildman–Crippen LogP) is 2.17. The number of aliphatic hydroxyl groups excluding tert-OH is 1. The Morgan fingerprint density at radius 2 is 2.07 bits per heavy atom. The number of hydrogen-bond donors (Lipinski definition) is 2. The summed E-state index contributed by atoms with van der Waals surface area (Å²) in [5.41, 5.74) is 0. The van der Waals surface area contributed by atoms with Gasteiger partial charge in [-0.2, -0.15) is 0 Å². The van der Waals surface area contributed by atoms with Crippen LogP contribution in [0.1, 0.15) is 46.5 Å². The standard InChI is InChI=1S/C12H25NO/c1-4-11(8-14)13-12-7-5-6-9(2)10(12)3/h9-14H,4-8H2,1-3H3/t9?,10?,11-,12?/m1/s1. The van der Waals surface area contributed by atoms with Crippen LogP contribution in [0.5, 0.6) is 0 Å². The minimum Gasteiger partial charge on any atom is -0.395 e. The van der Waals surface area contributed by atoms with E-state index < -0.39 is 0 Å². The Labute approximate surface area is 88.1 Å². The molecule has 2 nitrogen and oxygen atoms in total. The zero-order valence-electron chi connectivity index (χ0n) is 9.79. The minimum absolute atomic E-state index is 0.272. The maximum absolute atomic E-state index is 9.15. The monoisotopic (exact) mass is 199 g/mol. The van der Waals surface area contributed by atoms with Crippen molar-refractivity contribution in [2.24, 2.45) is 11.8 Å². The average Bonchev–Trinajstić information content (AvgIpc) is 2.20. The lowest BCUT2D eigenvalue weighted by molar-refractivity contribution is 0.162. The van der Waals surface area contributed by atoms with Gasteiger partial charge in [-0.15, -0.1) is 0 Å². The van der Waals surface area contributed by atoms with Gasteiger partial charge in [0.15, 0.2) is 0 Å². The highest BCUT2D eigenvalue weighted by Crippen LogP contribution is 2.29. The van der Waals surface area contributed by atoms with Gasteiger partial charge in [-0.3, -0.25) is 0 Å². The minimum atomic E-state index is 0.272. The first-order valence-corrected chi connectivity index (χ1v) is 6.06. The van der Waals surface area contributed by atoms with Gasteiger partial charge in [-0.05, 0) is 24.7 Å². The Kier molecular flexibility index (Phi) is 4.90. The summed E-state index contributed by atoms with van der Waals surface area (Å²) >= 11 is 0. The molecule has 0 heterocycles. The number of nitrogens with one attached hydrogen (secondary N) is 1. The molecule has 0 saturated heterocycles. The molecule has 1 saturated carbocycles. The molecule has 2 N–H and O–H groups in total. The van der Waals surface area contributed by atoms with Crippen molar-refractivity contribution in [1.82, 2.24) is 5.32 Å². The largest absolute Gasteiger partial charge is 0.395 e. The van der Waals surface area contributed by atoms with Gasteiger partial charge in [0.2, 0.25) is 0 Å². The first-order chi connectivity index (χ1) is 6.69. The van der Waals surface area contributed by atoms with Crippen LogP contribution in [0.25, 0.3) is 0 Å². The van der Waals surface area contributed by atoms with Crippen LogP contribution in [0.15, 0.2) is 0 Å². The number of aliphatic hydroxyl groups is 1. The third-order valence-electron chi connectivity index (χ3n) is 3.87. The lowest BCUT2D eigenvalue weighted by atomic mass is 9.78. The highest BCUT2D eigenvalue weighted by molar-refractivity contribution is 4.84. The van der Waals surface area contributed by atoms with Crippen LogP contribution < -0.4 is 5.32 Å². The highest BCUT2D eigenvalue weighted by atomic mass is 16.3. The second-order valence-electron chi connectivity index (χ2n) is 4.83. The molecular weight excluding hydrogens is 174 g/mol. The van der Waals surface area contributed by atoms with Crippen molar-refractivity contribution in [3.63, 3.8) is 0 Å². The van der Waals surface area contributed by atoms with Crippen LogP contribution in [-0.4, -0.2) is 23.8 Å². The van der Waals surface area contributed by atoms with Gasteiger partial charge in [0, 0.05) is 12.1 Å². The van der Waals surface area contributed by atoms with E-state index >= 15 is 0 Å². The number of hydrogen-bond acceptors (Lipinski definition) is 2. The molecule has 4 atom stereocenters. The van der Waals surface area contributed by atoms with Crippen LogP contribution in [0, 0.1) is 11.8 Å². The fraction of sp³-hybridized carbons (Fsp3) is 1.00. The van der Waals surface area contributed by atoms with E-state index in [-0.39, 0.29) is 6.61 Å². The van der Waals surface area contributed by atoms with Crippen LogP contribution in [0.2, 0.25) is 0 Å².